The molecule has 3 rings (SSSR count). The maximum absolute atomic E-state index is 12.0. The topological polar surface area (TPSA) is 79.8 Å². The average molecular weight is 348 g/mol. The molecule has 0 spiro atoms. The number of urea groups is 1. The smallest absolute Gasteiger partial charge is 0.315 e. The fourth-order valence-corrected chi connectivity index (χ4v) is 3.35. The van der Waals surface area contributed by atoms with Crippen LogP contribution in [0, 0.1) is 0 Å². The van der Waals surface area contributed by atoms with Crippen molar-refractivity contribution in [3.63, 3.8) is 0 Å². The van der Waals surface area contributed by atoms with Gasteiger partial charge in [-0.25, -0.2) is 4.79 Å². The van der Waals surface area contributed by atoms with E-state index in [1.807, 2.05) is 24.3 Å². The number of rotatable bonds is 6. The Morgan fingerprint density at radius 3 is 2.84 bits per heavy atom. The van der Waals surface area contributed by atoms with Gasteiger partial charge in [-0.2, -0.15) is 0 Å². The molecular formula is C19H28N2O4. The Morgan fingerprint density at radius 2 is 2.08 bits per heavy atom. The van der Waals surface area contributed by atoms with E-state index < -0.39 is 0 Å². The molecule has 1 saturated heterocycles. The minimum Gasteiger partial charge on any atom is -0.491 e. The highest BCUT2D eigenvalue weighted by molar-refractivity contribution is 5.74. The van der Waals surface area contributed by atoms with Crippen LogP contribution in [0.1, 0.15) is 44.1 Å². The lowest BCUT2D eigenvalue weighted by atomic mass is 9.93. The zero-order valence-electron chi connectivity index (χ0n) is 14.6. The molecule has 1 aliphatic heterocycles. The largest absolute Gasteiger partial charge is 0.491 e. The van der Waals surface area contributed by atoms with Gasteiger partial charge in [-0.15, -0.1) is 0 Å². The SMILES string of the molecule is O=C(NCc1cccc(OC[C@H]2CCCO2)c1)NC1CCC(O)CC1. The minimum atomic E-state index is -0.210. The van der Waals surface area contributed by atoms with Crippen molar-refractivity contribution in [3.8, 4) is 5.75 Å². The van der Waals surface area contributed by atoms with Gasteiger partial charge in [0.2, 0.25) is 0 Å². The molecule has 2 fully saturated rings. The highest BCUT2D eigenvalue weighted by Crippen LogP contribution is 2.19. The van der Waals surface area contributed by atoms with Crippen LogP contribution in [-0.4, -0.2) is 42.6 Å². The van der Waals surface area contributed by atoms with Crippen molar-refractivity contribution < 1.29 is 19.4 Å². The number of amides is 2. The third-order valence-corrected chi connectivity index (χ3v) is 4.84. The average Bonchev–Trinajstić information content (AvgIpc) is 3.14. The van der Waals surface area contributed by atoms with Gasteiger partial charge >= 0.3 is 6.03 Å². The Labute approximate surface area is 148 Å². The number of hydrogen-bond donors (Lipinski definition) is 3. The summed E-state index contributed by atoms with van der Waals surface area (Å²) < 4.78 is 11.3. The van der Waals surface area contributed by atoms with Crippen LogP contribution in [0.25, 0.3) is 0 Å². The van der Waals surface area contributed by atoms with Gasteiger partial charge in [0.05, 0.1) is 12.2 Å². The molecule has 2 amide bonds. The number of benzene rings is 1. The normalized spacial score (nSPS) is 26.2. The number of aliphatic hydroxyl groups excluding tert-OH is 1. The van der Waals surface area contributed by atoms with Crippen LogP contribution in [0.5, 0.6) is 5.75 Å². The second kappa shape index (κ2) is 9.06. The van der Waals surface area contributed by atoms with E-state index in [-0.39, 0.29) is 24.3 Å². The number of hydrogen-bond acceptors (Lipinski definition) is 4. The second-order valence-electron chi connectivity index (χ2n) is 6.93. The summed E-state index contributed by atoms with van der Waals surface area (Å²) >= 11 is 0. The van der Waals surface area contributed by atoms with E-state index in [1.165, 1.54) is 0 Å². The van der Waals surface area contributed by atoms with Crippen LogP contribution in [0.15, 0.2) is 24.3 Å². The van der Waals surface area contributed by atoms with Gasteiger partial charge in [0.15, 0.2) is 0 Å². The lowest BCUT2D eigenvalue weighted by molar-refractivity contribution is 0.0679. The van der Waals surface area contributed by atoms with Gasteiger partial charge in [0.1, 0.15) is 12.4 Å². The minimum absolute atomic E-state index is 0.157. The fraction of sp³-hybridized carbons (Fsp3) is 0.632. The van der Waals surface area contributed by atoms with Crippen LogP contribution in [0.4, 0.5) is 4.79 Å². The maximum Gasteiger partial charge on any atom is 0.315 e. The van der Waals surface area contributed by atoms with Gasteiger partial charge in [-0.1, -0.05) is 12.1 Å². The molecular weight excluding hydrogens is 320 g/mol. The maximum atomic E-state index is 12.0. The Morgan fingerprint density at radius 1 is 1.24 bits per heavy atom. The van der Waals surface area contributed by atoms with Crippen molar-refractivity contribution in [2.45, 2.75) is 63.3 Å². The molecule has 25 heavy (non-hydrogen) atoms. The van der Waals surface area contributed by atoms with Crippen molar-refractivity contribution in [1.82, 2.24) is 10.6 Å². The molecule has 6 nitrogen and oxygen atoms in total. The van der Waals surface area contributed by atoms with Crippen LogP contribution >= 0.6 is 0 Å². The molecule has 1 saturated carbocycles. The van der Waals surface area contributed by atoms with E-state index in [2.05, 4.69) is 10.6 Å². The molecule has 1 atom stereocenters. The van der Waals surface area contributed by atoms with Crippen molar-refractivity contribution >= 4 is 6.03 Å². The second-order valence-corrected chi connectivity index (χ2v) is 6.93. The summed E-state index contributed by atoms with van der Waals surface area (Å²) in [7, 11) is 0. The van der Waals surface area contributed by atoms with Crippen molar-refractivity contribution in [3.05, 3.63) is 29.8 Å². The Bertz CT molecular complexity index is 552. The predicted molar refractivity (Wildman–Crippen MR) is 94.5 cm³/mol. The van der Waals surface area contributed by atoms with Gasteiger partial charge in [0.25, 0.3) is 0 Å². The first-order valence-corrected chi connectivity index (χ1v) is 9.25. The molecule has 0 unspecified atom stereocenters. The van der Waals surface area contributed by atoms with E-state index in [4.69, 9.17) is 9.47 Å². The summed E-state index contributed by atoms with van der Waals surface area (Å²) in [5, 5.41) is 15.4. The quantitative estimate of drug-likeness (QED) is 0.737. The van der Waals surface area contributed by atoms with Crippen LogP contribution < -0.4 is 15.4 Å². The Balaban J connectivity index is 1.39. The van der Waals surface area contributed by atoms with Gasteiger partial charge in [-0.3, -0.25) is 0 Å². The molecule has 1 heterocycles. The molecule has 0 aromatic heterocycles. The van der Waals surface area contributed by atoms with E-state index in [0.29, 0.717) is 13.2 Å². The third-order valence-electron chi connectivity index (χ3n) is 4.84. The van der Waals surface area contributed by atoms with E-state index in [0.717, 1.165) is 56.4 Å². The van der Waals surface area contributed by atoms with Gasteiger partial charge < -0.3 is 25.2 Å². The number of carbonyl (C=O) groups excluding carboxylic acids is 1. The molecule has 0 radical (unpaired) electrons. The lowest BCUT2D eigenvalue weighted by Gasteiger charge is -2.26. The fourth-order valence-electron chi connectivity index (χ4n) is 3.35. The number of ether oxygens (including phenoxy) is 2. The number of carbonyl (C=O) groups is 1. The van der Waals surface area contributed by atoms with Crippen molar-refractivity contribution in [1.29, 1.82) is 0 Å². The first kappa shape index (κ1) is 18.0. The first-order valence-electron chi connectivity index (χ1n) is 9.25. The number of nitrogens with one attached hydrogen (secondary N) is 2. The molecule has 1 aromatic rings. The monoisotopic (exact) mass is 348 g/mol. The summed E-state index contributed by atoms with van der Waals surface area (Å²) in [6.07, 6.45) is 5.33. The van der Waals surface area contributed by atoms with Crippen LogP contribution in [0.3, 0.4) is 0 Å². The number of aliphatic hydroxyl groups is 1. The predicted octanol–water partition coefficient (Wildman–Crippen LogP) is 2.35. The lowest BCUT2D eigenvalue weighted by Crippen LogP contribution is -2.43. The molecule has 6 heteroatoms. The third kappa shape index (κ3) is 5.90. The molecule has 1 aromatic carbocycles. The molecule has 3 N–H and O–H groups in total. The van der Waals surface area contributed by atoms with Crippen molar-refractivity contribution in [2.24, 2.45) is 0 Å². The van der Waals surface area contributed by atoms with Crippen LogP contribution in [-0.2, 0) is 11.3 Å². The zero-order valence-corrected chi connectivity index (χ0v) is 14.6. The molecule has 1 aliphatic carbocycles. The molecule has 0 bridgehead atoms. The van der Waals surface area contributed by atoms with Gasteiger partial charge in [0, 0.05) is 19.2 Å². The van der Waals surface area contributed by atoms with Crippen molar-refractivity contribution in [2.75, 3.05) is 13.2 Å². The highest BCUT2D eigenvalue weighted by Gasteiger charge is 2.20. The van der Waals surface area contributed by atoms with Crippen LogP contribution in [0.2, 0.25) is 0 Å². The van der Waals surface area contributed by atoms with E-state index in [9.17, 15) is 9.90 Å². The van der Waals surface area contributed by atoms with Gasteiger partial charge in [-0.05, 0) is 56.2 Å². The standard InChI is InChI=1S/C19H28N2O4/c22-16-8-6-15(7-9-16)21-19(23)20-12-14-3-1-4-17(11-14)25-13-18-5-2-10-24-18/h1,3-4,11,15-16,18,22H,2,5-10,12-13H2,(H2,20,21,23)/t15?,16?,18-/m1/s1. The van der Waals surface area contributed by atoms with E-state index in [1.54, 1.807) is 0 Å². The highest BCUT2D eigenvalue weighted by atomic mass is 16.5. The zero-order chi connectivity index (χ0) is 17.5. The molecule has 2 aliphatic rings. The molecule has 138 valence electrons. The Kier molecular flexibility index (Phi) is 6.53. The summed E-state index contributed by atoms with van der Waals surface area (Å²) in [6, 6.07) is 7.77. The first-order chi connectivity index (χ1) is 12.2. The summed E-state index contributed by atoms with van der Waals surface area (Å²) in [5.74, 6) is 0.802. The summed E-state index contributed by atoms with van der Waals surface area (Å²) in [4.78, 5) is 12.0. The Hall–Kier alpha value is -1.79. The summed E-state index contributed by atoms with van der Waals surface area (Å²) in [5.41, 5.74) is 0.999. The van der Waals surface area contributed by atoms with E-state index >= 15 is 0 Å². The summed E-state index contributed by atoms with van der Waals surface area (Å²) in [6.45, 7) is 1.86.